The zero-order chi connectivity index (χ0) is 18.2. The Morgan fingerprint density at radius 1 is 0.923 bits per heavy atom. The number of rotatable bonds is 4. The molecule has 1 aliphatic heterocycles. The predicted molar refractivity (Wildman–Crippen MR) is 104 cm³/mol. The van der Waals surface area contributed by atoms with Crippen LogP contribution >= 0.6 is 0 Å². The number of fused-ring (bicyclic) bond motifs is 2. The van der Waals surface area contributed by atoms with Gasteiger partial charge in [-0.1, -0.05) is 24.3 Å². The number of hydrogen-bond acceptors (Lipinski definition) is 2. The maximum absolute atomic E-state index is 13.1. The summed E-state index contributed by atoms with van der Waals surface area (Å²) in [4.78, 5) is 17.2. The van der Waals surface area contributed by atoms with Gasteiger partial charge in [-0.2, -0.15) is 0 Å². The average Bonchev–Trinajstić information content (AvgIpc) is 2.75. The zero-order valence-corrected chi connectivity index (χ0v) is 18.4. The third-order valence-corrected chi connectivity index (χ3v) is 5.92. The van der Waals surface area contributed by atoms with Gasteiger partial charge in [-0.25, -0.2) is 0 Å². The lowest BCUT2D eigenvalue weighted by atomic mass is 10.1. The Labute approximate surface area is 174 Å². The number of carbonyl (C=O) groups is 1. The predicted octanol–water partition coefficient (Wildman–Crippen LogP) is 1.25. The van der Waals surface area contributed by atoms with E-state index in [-0.39, 0.29) is 36.0 Å². The van der Waals surface area contributed by atoms with Crippen LogP contribution in [0.15, 0.2) is 48.5 Å². The van der Waals surface area contributed by atoms with Crippen molar-refractivity contribution in [2.75, 3.05) is 37.0 Å². The van der Waals surface area contributed by atoms with Crippen LogP contribution in [-0.4, -0.2) is 43.7 Å². The van der Waals surface area contributed by atoms with Gasteiger partial charge in [0.2, 0.25) is 0 Å². The third kappa shape index (κ3) is 3.22. The van der Waals surface area contributed by atoms with E-state index >= 15 is 0 Å². The van der Waals surface area contributed by atoms with Crippen molar-refractivity contribution in [3.63, 3.8) is 0 Å². The van der Waals surface area contributed by atoms with Crippen LogP contribution in [0.4, 0.5) is 17.1 Å². The van der Waals surface area contributed by atoms with Crippen LogP contribution in [0.5, 0.6) is 0 Å². The van der Waals surface area contributed by atoms with Crippen molar-refractivity contribution in [2.45, 2.75) is 26.9 Å². The van der Waals surface area contributed by atoms with Crippen molar-refractivity contribution in [2.24, 2.45) is 0 Å². The number of amides is 1. The van der Waals surface area contributed by atoms with Crippen LogP contribution in [0.1, 0.15) is 31.1 Å². The maximum atomic E-state index is 13.1. The van der Waals surface area contributed by atoms with E-state index in [1.54, 1.807) is 4.90 Å². The summed E-state index contributed by atoms with van der Waals surface area (Å²) in [6, 6.07) is 16.1. The van der Waals surface area contributed by atoms with Gasteiger partial charge in [0.25, 0.3) is 5.91 Å². The maximum Gasteiger partial charge on any atom is 0.260 e. The van der Waals surface area contributed by atoms with Crippen molar-refractivity contribution < 1.29 is 33.3 Å². The molecule has 0 aromatic heterocycles. The summed E-state index contributed by atoms with van der Waals surface area (Å²) in [7, 11) is 4.14. The molecule has 0 N–H and O–H groups in total. The Bertz CT molecular complexity index is 788. The normalized spacial score (nSPS) is 14.9. The topological polar surface area (TPSA) is 23.6 Å². The third-order valence-electron chi connectivity index (χ3n) is 5.92. The summed E-state index contributed by atoms with van der Waals surface area (Å²) in [6.45, 7) is 8.78. The number of para-hydroxylation sites is 3. The largest absolute Gasteiger partial charge is 1.00 e. The van der Waals surface area contributed by atoms with Crippen LogP contribution in [0.25, 0.3) is 0 Å². The molecule has 5 heteroatoms. The van der Waals surface area contributed by atoms with Gasteiger partial charge in [0.15, 0.2) is 6.17 Å². The highest BCUT2D eigenvalue weighted by molar-refractivity contribution is 6.13. The fourth-order valence-electron chi connectivity index (χ4n) is 3.67. The second kappa shape index (κ2) is 7.96. The fraction of sp³-hybridized carbons (Fsp3) is 0.381. The van der Waals surface area contributed by atoms with Crippen LogP contribution < -0.4 is 33.8 Å². The second-order valence-corrected chi connectivity index (χ2v) is 6.98. The molecule has 0 spiro atoms. The molecule has 0 radical (unpaired) electrons. The number of benzene rings is 2. The van der Waals surface area contributed by atoms with Gasteiger partial charge >= 0.3 is 0 Å². The van der Waals surface area contributed by atoms with E-state index < -0.39 is 0 Å². The lowest BCUT2D eigenvalue weighted by Crippen LogP contribution is -3.00. The quantitative estimate of drug-likeness (QED) is 0.502. The van der Waals surface area contributed by atoms with Crippen LogP contribution in [0, 0.1) is 0 Å². The molecule has 2 aromatic rings. The standard InChI is InChI=1S/C21H28N3O.HI/c1-6-24(5,7-2)16(3)23-18-13-9-8-12-17(18)21(25)22(4)19-14-10-11-15-20(19)23;/h8-16H,6-7H2,1-5H3;1H/q+1;/p-1. The minimum absolute atomic E-state index is 0. The summed E-state index contributed by atoms with van der Waals surface area (Å²) in [6.07, 6.45) is 0.205. The smallest absolute Gasteiger partial charge is 0.260 e. The van der Waals surface area contributed by atoms with E-state index in [1.165, 1.54) is 0 Å². The summed E-state index contributed by atoms with van der Waals surface area (Å²) in [5.74, 6) is 0.0416. The fourth-order valence-corrected chi connectivity index (χ4v) is 3.67. The number of carbonyl (C=O) groups excluding carboxylic acids is 1. The first-order valence-corrected chi connectivity index (χ1v) is 9.04. The van der Waals surface area contributed by atoms with Gasteiger partial charge in [-0.15, -0.1) is 0 Å². The second-order valence-electron chi connectivity index (χ2n) is 6.98. The van der Waals surface area contributed by atoms with Gasteiger partial charge in [-0.05, 0) is 38.1 Å². The summed E-state index contributed by atoms with van der Waals surface area (Å²) in [5, 5.41) is 0. The first kappa shape index (κ1) is 20.7. The summed E-state index contributed by atoms with van der Waals surface area (Å²) < 4.78 is 0.903. The Hall–Kier alpha value is -1.60. The molecule has 0 fully saturated rings. The van der Waals surface area contributed by atoms with Crippen LogP contribution in [0.3, 0.4) is 0 Å². The van der Waals surface area contributed by atoms with Crippen molar-refractivity contribution >= 4 is 23.0 Å². The molecular weight excluding hydrogens is 437 g/mol. The Morgan fingerprint density at radius 2 is 1.42 bits per heavy atom. The van der Waals surface area contributed by atoms with E-state index in [1.807, 2.05) is 43.4 Å². The zero-order valence-electron chi connectivity index (χ0n) is 16.2. The van der Waals surface area contributed by atoms with Gasteiger partial charge in [-0.3, -0.25) is 9.69 Å². The Morgan fingerprint density at radius 3 is 2.00 bits per heavy atom. The molecule has 0 saturated heterocycles. The van der Waals surface area contributed by atoms with E-state index in [0.29, 0.717) is 0 Å². The van der Waals surface area contributed by atoms with E-state index in [2.05, 4.69) is 44.9 Å². The van der Waals surface area contributed by atoms with Gasteiger partial charge in [0, 0.05) is 14.0 Å². The van der Waals surface area contributed by atoms with Crippen molar-refractivity contribution in [1.82, 2.24) is 0 Å². The lowest BCUT2D eigenvalue weighted by molar-refractivity contribution is -0.927. The molecule has 1 aliphatic rings. The number of halogens is 1. The highest BCUT2D eigenvalue weighted by atomic mass is 127. The summed E-state index contributed by atoms with van der Waals surface area (Å²) in [5.41, 5.74) is 3.78. The highest BCUT2D eigenvalue weighted by Crippen LogP contribution is 2.42. The molecule has 1 unspecified atom stereocenters. The molecule has 26 heavy (non-hydrogen) atoms. The van der Waals surface area contributed by atoms with Crippen molar-refractivity contribution in [3.8, 4) is 0 Å². The van der Waals surface area contributed by atoms with E-state index in [4.69, 9.17) is 0 Å². The van der Waals surface area contributed by atoms with Crippen LogP contribution in [-0.2, 0) is 0 Å². The van der Waals surface area contributed by atoms with Gasteiger partial charge in [0.05, 0.1) is 42.8 Å². The Kier molecular flexibility index (Phi) is 6.34. The first-order chi connectivity index (χ1) is 11.9. The minimum Gasteiger partial charge on any atom is -1.00 e. The number of hydrogen-bond donors (Lipinski definition) is 0. The summed E-state index contributed by atoms with van der Waals surface area (Å²) >= 11 is 0. The van der Waals surface area contributed by atoms with Gasteiger partial charge in [0.1, 0.15) is 0 Å². The van der Waals surface area contributed by atoms with E-state index in [9.17, 15) is 4.79 Å². The molecule has 0 bridgehead atoms. The molecule has 4 nitrogen and oxygen atoms in total. The van der Waals surface area contributed by atoms with Gasteiger partial charge < -0.3 is 33.4 Å². The SMILES string of the molecule is CC[N+](C)(CC)C(C)N1c2ccccc2C(=O)N(C)c2ccccc21.[I-]. The molecule has 1 heterocycles. The average molecular weight is 465 g/mol. The molecule has 2 aromatic carbocycles. The molecule has 140 valence electrons. The monoisotopic (exact) mass is 465 g/mol. The number of nitrogens with zero attached hydrogens (tertiary/aromatic N) is 3. The molecule has 0 aliphatic carbocycles. The molecule has 3 rings (SSSR count). The number of anilines is 3. The van der Waals surface area contributed by atoms with Crippen molar-refractivity contribution in [3.05, 3.63) is 54.1 Å². The first-order valence-electron chi connectivity index (χ1n) is 9.04. The number of quaternary nitrogens is 1. The minimum atomic E-state index is 0. The molecular formula is C21H28IN3O. The lowest BCUT2D eigenvalue weighted by Gasteiger charge is -2.45. The van der Waals surface area contributed by atoms with Crippen LogP contribution in [0.2, 0.25) is 0 Å². The molecule has 0 saturated carbocycles. The van der Waals surface area contributed by atoms with Crippen molar-refractivity contribution in [1.29, 1.82) is 0 Å². The highest BCUT2D eigenvalue weighted by Gasteiger charge is 2.37. The molecule has 1 atom stereocenters. The Balaban J connectivity index is 0.00000243. The van der Waals surface area contributed by atoms with E-state index in [0.717, 1.165) is 40.2 Å². The molecule has 1 amide bonds.